The van der Waals surface area contributed by atoms with E-state index in [1.54, 1.807) is 30.3 Å². The molecule has 0 aliphatic carbocycles. The van der Waals surface area contributed by atoms with E-state index in [1.807, 2.05) is 51.1 Å². The van der Waals surface area contributed by atoms with Gasteiger partial charge in [-0.1, -0.05) is 36.8 Å². The van der Waals surface area contributed by atoms with E-state index in [0.717, 1.165) is 33.2 Å². The number of carbonyl (C=O) groups is 1. The summed E-state index contributed by atoms with van der Waals surface area (Å²) in [6.07, 6.45) is 2.42. The quantitative estimate of drug-likeness (QED) is 0.344. The lowest BCUT2D eigenvalue weighted by Gasteiger charge is -2.24. The molecule has 1 amide bonds. The summed E-state index contributed by atoms with van der Waals surface area (Å²) < 4.78 is 33.4. The van der Waals surface area contributed by atoms with Gasteiger partial charge in [0.25, 0.3) is 15.9 Å². The molecule has 0 aliphatic heterocycles. The second-order valence-corrected chi connectivity index (χ2v) is 9.74. The molecule has 0 aromatic heterocycles. The molecular formula is C26H29N3O4S. The molecule has 0 saturated carbocycles. The summed E-state index contributed by atoms with van der Waals surface area (Å²) in [7, 11) is -3.97. The molecule has 0 heterocycles. The lowest BCUT2D eigenvalue weighted by atomic mass is 10.2. The van der Waals surface area contributed by atoms with E-state index in [0.29, 0.717) is 12.3 Å². The highest BCUT2D eigenvalue weighted by Crippen LogP contribution is 2.24. The monoisotopic (exact) mass is 479 g/mol. The molecule has 0 bridgehead atoms. The summed E-state index contributed by atoms with van der Waals surface area (Å²) in [4.78, 5) is 12.8. The Kier molecular flexibility index (Phi) is 8.43. The van der Waals surface area contributed by atoms with Crippen LogP contribution in [0.15, 0.2) is 82.8 Å². The number of ether oxygens (including phenoxy) is 1. The van der Waals surface area contributed by atoms with Gasteiger partial charge in [0.05, 0.1) is 23.4 Å². The Hall–Kier alpha value is -3.65. The minimum absolute atomic E-state index is 0.112. The number of benzene rings is 3. The van der Waals surface area contributed by atoms with Gasteiger partial charge >= 0.3 is 0 Å². The van der Waals surface area contributed by atoms with E-state index < -0.39 is 22.5 Å². The Bertz CT molecular complexity index is 1240. The highest BCUT2D eigenvalue weighted by Gasteiger charge is 2.27. The van der Waals surface area contributed by atoms with Gasteiger partial charge in [-0.25, -0.2) is 13.8 Å². The highest BCUT2D eigenvalue weighted by molar-refractivity contribution is 7.92. The van der Waals surface area contributed by atoms with Gasteiger partial charge in [-0.3, -0.25) is 9.10 Å². The molecule has 3 rings (SSSR count). The first-order chi connectivity index (χ1) is 16.3. The zero-order valence-electron chi connectivity index (χ0n) is 19.6. The van der Waals surface area contributed by atoms with Crippen LogP contribution in [0.1, 0.15) is 30.0 Å². The van der Waals surface area contributed by atoms with Crippen molar-refractivity contribution in [3.8, 4) is 5.75 Å². The molecular weight excluding hydrogens is 450 g/mol. The van der Waals surface area contributed by atoms with Gasteiger partial charge in [-0.2, -0.15) is 5.10 Å². The highest BCUT2D eigenvalue weighted by atomic mass is 32.2. The molecule has 7 nitrogen and oxygen atoms in total. The fourth-order valence-electron chi connectivity index (χ4n) is 3.15. The predicted molar refractivity (Wildman–Crippen MR) is 135 cm³/mol. The van der Waals surface area contributed by atoms with Crippen molar-refractivity contribution in [1.29, 1.82) is 0 Å². The molecule has 0 fully saturated rings. The van der Waals surface area contributed by atoms with Crippen LogP contribution in [0.25, 0.3) is 0 Å². The Balaban J connectivity index is 1.75. The van der Waals surface area contributed by atoms with E-state index in [-0.39, 0.29) is 4.90 Å². The van der Waals surface area contributed by atoms with Crippen LogP contribution in [0.3, 0.4) is 0 Å². The summed E-state index contributed by atoms with van der Waals surface area (Å²) in [5, 5.41) is 3.98. The molecule has 0 spiro atoms. The molecule has 8 heteroatoms. The molecule has 178 valence electrons. The SMILES string of the molecule is CCCOc1ccc(/C=N\NC(=O)CN(c2cccc(C)c2)S(=O)(=O)c2ccc(C)cc2)cc1. The maximum Gasteiger partial charge on any atom is 0.264 e. The minimum atomic E-state index is -3.97. The first-order valence-electron chi connectivity index (χ1n) is 11.0. The number of hydrazone groups is 1. The third-order valence-electron chi connectivity index (χ3n) is 4.94. The normalized spacial score (nSPS) is 11.4. The number of aryl methyl sites for hydroxylation is 2. The molecule has 3 aromatic carbocycles. The lowest BCUT2D eigenvalue weighted by molar-refractivity contribution is -0.119. The Morgan fingerprint density at radius 2 is 1.71 bits per heavy atom. The summed E-state index contributed by atoms with van der Waals surface area (Å²) >= 11 is 0. The number of rotatable bonds is 10. The number of hydrogen-bond acceptors (Lipinski definition) is 5. The smallest absolute Gasteiger partial charge is 0.264 e. The van der Waals surface area contributed by atoms with Crippen molar-refractivity contribution in [1.82, 2.24) is 5.43 Å². The van der Waals surface area contributed by atoms with E-state index in [9.17, 15) is 13.2 Å². The zero-order chi connectivity index (χ0) is 24.6. The largest absolute Gasteiger partial charge is 0.494 e. The standard InChI is InChI=1S/C26H29N3O4S/c1-4-16-33-24-12-10-22(11-13-24)18-27-28-26(30)19-29(23-7-5-6-21(3)17-23)34(31,32)25-14-8-20(2)9-15-25/h5-15,17-18H,4,16,19H2,1-3H3,(H,28,30)/b27-18-. The Labute approximate surface area is 201 Å². The fourth-order valence-corrected chi connectivity index (χ4v) is 4.56. The van der Waals surface area contributed by atoms with Crippen molar-refractivity contribution in [2.75, 3.05) is 17.5 Å². The fraction of sp³-hybridized carbons (Fsp3) is 0.231. The van der Waals surface area contributed by atoms with Gasteiger partial charge < -0.3 is 4.74 Å². The number of carbonyl (C=O) groups excluding carboxylic acids is 1. The molecule has 0 atom stereocenters. The molecule has 3 aromatic rings. The average Bonchev–Trinajstić information content (AvgIpc) is 2.82. The summed E-state index contributed by atoms with van der Waals surface area (Å²) in [5.41, 5.74) is 5.42. The van der Waals surface area contributed by atoms with Crippen LogP contribution in [-0.2, 0) is 14.8 Å². The van der Waals surface area contributed by atoms with Gasteiger partial charge in [0.15, 0.2) is 0 Å². The number of nitrogens with zero attached hydrogens (tertiary/aromatic N) is 2. The topological polar surface area (TPSA) is 88.1 Å². The molecule has 0 saturated heterocycles. The number of anilines is 1. The maximum atomic E-state index is 13.4. The van der Waals surface area contributed by atoms with Crippen LogP contribution >= 0.6 is 0 Å². The second kappa shape index (κ2) is 11.5. The van der Waals surface area contributed by atoms with Gasteiger partial charge in [0, 0.05) is 0 Å². The van der Waals surface area contributed by atoms with Crippen molar-refractivity contribution >= 4 is 27.8 Å². The van der Waals surface area contributed by atoms with Crippen molar-refractivity contribution in [2.24, 2.45) is 5.10 Å². The van der Waals surface area contributed by atoms with E-state index in [1.165, 1.54) is 18.3 Å². The summed E-state index contributed by atoms with van der Waals surface area (Å²) in [6.45, 7) is 6.01. The van der Waals surface area contributed by atoms with E-state index in [2.05, 4.69) is 10.5 Å². The van der Waals surface area contributed by atoms with Gasteiger partial charge in [0.2, 0.25) is 0 Å². The number of nitrogens with one attached hydrogen (secondary N) is 1. The van der Waals surface area contributed by atoms with Crippen molar-refractivity contribution < 1.29 is 17.9 Å². The number of sulfonamides is 1. The van der Waals surface area contributed by atoms with Crippen LogP contribution in [0.5, 0.6) is 5.75 Å². The minimum Gasteiger partial charge on any atom is -0.494 e. The van der Waals surface area contributed by atoms with Crippen LogP contribution in [0, 0.1) is 13.8 Å². The molecule has 0 aliphatic rings. The van der Waals surface area contributed by atoms with Crippen LogP contribution in [0.4, 0.5) is 5.69 Å². The van der Waals surface area contributed by atoms with Crippen LogP contribution in [-0.4, -0.2) is 33.7 Å². The van der Waals surface area contributed by atoms with Gasteiger partial charge in [-0.15, -0.1) is 0 Å². The summed E-state index contributed by atoms with van der Waals surface area (Å²) in [5.74, 6) is 0.203. The van der Waals surface area contributed by atoms with Crippen LogP contribution < -0.4 is 14.5 Å². The van der Waals surface area contributed by atoms with Crippen LogP contribution in [0.2, 0.25) is 0 Å². The van der Waals surface area contributed by atoms with Crippen molar-refractivity contribution in [2.45, 2.75) is 32.1 Å². The third-order valence-corrected chi connectivity index (χ3v) is 6.73. The first kappa shape index (κ1) is 25.0. The molecule has 1 N–H and O–H groups in total. The first-order valence-corrected chi connectivity index (χ1v) is 12.4. The van der Waals surface area contributed by atoms with Gasteiger partial charge in [-0.05, 0) is 79.9 Å². The maximum absolute atomic E-state index is 13.4. The zero-order valence-corrected chi connectivity index (χ0v) is 20.4. The second-order valence-electron chi connectivity index (χ2n) is 7.87. The Morgan fingerprint density at radius 1 is 1.00 bits per heavy atom. The predicted octanol–water partition coefficient (Wildman–Crippen LogP) is 4.44. The van der Waals surface area contributed by atoms with E-state index >= 15 is 0 Å². The molecule has 34 heavy (non-hydrogen) atoms. The van der Waals surface area contributed by atoms with Crippen molar-refractivity contribution in [3.05, 3.63) is 89.5 Å². The number of hydrogen-bond donors (Lipinski definition) is 1. The summed E-state index contributed by atoms with van der Waals surface area (Å²) in [6, 6.07) is 20.8. The molecule has 0 unspecified atom stereocenters. The molecule has 0 radical (unpaired) electrons. The van der Waals surface area contributed by atoms with Gasteiger partial charge in [0.1, 0.15) is 12.3 Å². The lowest BCUT2D eigenvalue weighted by Crippen LogP contribution is -2.39. The third kappa shape index (κ3) is 6.68. The van der Waals surface area contributed by atoms with E-state index in [4.69, 9.17) is 4.74 Å². The average molecular weight is 480 g/mol. The Morgan fingerprint density at radius 3 is 2.35 bits per heavy atom. The van der Waals surface area contributed by atoms with Crippen molar-refractivity contribution in [3.63, 3.8) is 0 Å². The number of amides is 1.